The highest BCUT2D eigenvalue weighted by Crippen LogP contribution is 2.40. The Morgan fingerprint density at radius 1 is 1.13 bits per heavy atom. The lowest BCUT2D eigenvalue weighted by molar-refractivity contribution is -0.160. The van der Waals surface area contributed by atoms with Crippen molar-refractivity contribution in [2.45, 2.75) is 45.8 Å². The van der Waals surface area contributed by atoms with Crippen molar-refractivity contribution < 1.29 is 23.4 Å². The Hall–Kier alpha value is -2.57. The fourth-order valence-electron chi connectivity index (χ4n) is 3.41. The highest BCUT2D eigenvalue weighted by Gasteiger charge is 2.31. The molecule has 4 nitrogen and oxygen atoms in total. The summed E-state index contributed by atoms with van der Waals surface area (Å²) in [7, 11) is 0. The van der Waals surface area contributed by atoms with Crippen molar-refractivity contribution in [1.82, 2.24) is 4.98 Å². The first kappa shape index (κ1) is 22.1. The van der Waals surface area contributed by atoms with E-state index in [1.165, 1.54) is 6.07 Å². The molecule has 0 aliphatic carbocycles. The Bertz CT molecular complexity index is 1090. The van der Waals surface area contributed by atoms with E-state index in [4.69, 9.17) is 16.3 Å². The van der Waals surface area contributed by atoms with Crippen LogP contribution in [0, 0.1) is 6.92 Å². The number of aromatic nitrogens is 1. The number of hydrogen-bond donors (Lipinski definition) is 1. The fraction of sp³-hybridized carbons (Fsp3) is 0.304. The molecule has 0 unspecified atom stereocenters. The highest BCUT2D eigenvalue weighted by molar-refractivity contribution is 6.30. The molecule has 3 aromatic rings. The van der Waals surface area contributed by atoms with E-state index in [9.17, 15) is 18.7 Å². The first-order valence-electron chi connectivity index (χ1n) is 9.37. The van der Waals surface area contributed by atoms with Crippen molar-refractivity contribution in [3.63, 3.8) is 0 Å². The lowest BCUT2D eigenvalue weighted by Crippen LogP contribution is -2.28. The Labute approximate surface area is 178 Å². The molecule has 0 radical (unpaired) electrons. The molecule has 7 heteroatoms. The van der Waals surface area contributed by atoms with Crippen molar-refractivity contribution in [2.75, 3.05) is 0 Å². The largest absolute Gasteiger partial charge is 0.479 e. The number of nitrogens with zero attached hydrogens (tertiary/aromatic N) is 1. The molecule has 2 aromatic carbocycles. The second kappa shape index (κ2) is 8.28. The molecule has 0 saturated heterocycles. The maximum atomic E-state index is 13.2. The minimum atomic E-state index is -2.70. The van der Waals surface area contributed by atoms with Gasteiger partial charge in [0.25, 0.3) is 6.43 Å². The number of aliphatic carboxylic acids is 1. The minimum absolute atomic E-state index is 0.336. The number of aryl methyl sites for hydroxylation is 1. The van der Waals surface area contributed by atoms with Crippen LogP contribution in [0.5, 0.6) is 0 Å². The van der Waals surface area contributed by atoms with E-state index < -0.39 is 24.1 Å². The van der Waals surface area contributed by atoms with Gasteiger partial charge in [-0.05, 0) is 68.7 Å². The van der Waals surface area contributed by atoms with Gasteiger partial charge in [-0.15, -0.1) is 0 Å². The summed E-state index contributed by atoms with van der Waals surface area (Å²) in [4.78, 5) is 16.3. The summed E-state index contributed by atoms with van der Waals surface area (Å²) in [5, 5.41) is 11.0. The third-order valence-corrected chi connectivity index (χ3v) is 4.83. The molecule has 3 rings (SSSR count). The summed E-state index contributed by atoms with van der Waals surface area (Å²) in [6, 6.07) is 11.3. The normalized spacial score (nSPS) is 13.1. The maximum absolute atomic E-state index is 13.2. The topological polar surface area (TPSA) is 59.4 Å². The van der Waals surface area contributed by atoms with Crippen molar-refractivity contribution in [3.05, 3.63) is 64.3 Å². The number of pyridine rings is 1. The summed E-state index contributed by atoms with van der Waals surface area (Å²) in [5.41, 5.74) is 1.61. The van der Waals surface area contributed by atoms with Crippen LogP contribution in [0.15, 0.2) is 42.5 Å². The summed E-state index contributed by atoms with van der Waals surface area (Å²) >= 11 is 6.03. The number of halogens is 3. The average Bonchev–Trinajstić information content (AvgIpc) is 2.64. The van der Waals surface area contributed by atoms with E-state index in [2.05, 4.69) is 4.98 Å². The van der Waals surface area contributed by atoms with Gasteiger partial charge in [-0.25, -0.2) is 18.6 Å². The molecule has 158 valence electrons. The van der Waals surface area contributed by atoms with E-state index in [1.807, 2.05) is 0 Å². The molecule has 0 aliphatic heterocycles. The predicted molar refractivity (Wildman–Crippen MR) is 113 cm³/mol. The molecular formula is C23H22ClF2NO3. The van der Waals surface area contributed by atoms with Gasteiger partial charge in [-0.1, -0.05) is 29.8 Å². The van der Waals surface area contributed by atoms with E-state index in [0.29, 0.717) is 38.2 Å². The molecule has 0 aliphatic rings. The monoisotopic (exact) mass is 433 g/mol. The van der Waals surface area contributed by atoms with Crippen LogP contribution in [-0.4, -0.2) is 21.7 Å². The quantitative estimate of drug-likeness (QED) is 0.484. The summed E-state index contributed by atoms with van der Waals surface area (Å²) in [6.07, 6.45) is -3.96. The van der Waals surface area contributed by atoms with Crippen molar-refractivity contribution in [2.24, 2.45) is 0 Å². The van der Waals surface area contributed by atoms with Crippen molar-refractivity contribution >= 4 is 28.5 Å². The number of fused-ring (bicyclic) bond motifs is 1. The van der Waals surface area contributed by atoms with Crippen molar-refractivity contribution in [1.29, 1.82) is 0 Å². The standard InChI is InChI=1S/C23H22ClF2NO3/c1-12-11-17-15(9-10-16(27-17)21(25)26)19(13-5-7-14(24)8-6-13)18(12)20(22(28)29)30-23(2,3)4/h5-11,20-21H,1-4H3,(H,28,29)/t20-/m0/s1. The predicted octanol–water partition coefficient (Wildman–Crippen LogP) is 6.74. The fourth-order valence-corrected chi connectivity index (χ4v) is 3.54. The number of carboxylic acid groups (broad SMARTS) is 1. The van der Waals surface area contributed by atoms with Crippen molar-refractivity contribution in [3.8, 4) is 11.1 Å². The lowest BCUT2D eigenvalue weighted by atomic mass is 9.88. The smallest absolute Gasteiger partial charge is 0.337 e. The number of hydrogen-bond acceptors (Lipinski definition) is 3. The molecule has 0 fully saturated rings. The third kappa shape index (κ3) is 4.60. The molecular weight excluding hydrogens is 412 g/mol. The summed E-state index contributed by atoms with van der Waals surface area (Å²) in [6.45, 7) is 7.06. The second-order valence-electron chi connectivity index (χ2n) is 8.04. The highest BCUT2D eigenvalue weighted by atomic mass is 35.5. The maximum Gasteiger partial charge on any atom is 0.337 e. The Kier molecular flexibility index (Phi) is 6.11. The molecule has 1 N–H and O–H groups in total. The minimum Gasteiger partial charge on any atom is -0.479 e. The van der Waals surface area contributed by atoms with Crippen LogP contribution in [0.4, 0.5) is 8.78 Å². The van der Waals surface area contributed by atoms with Gasteiger partial charge in [0.1, 0.15) is 5.69 Å². The number of rotatable bonds is 5. The number of ether oxygens (including phenoxy) is 1. The molecule has 0 saturated carbocycles. The van der Waals surface area contributed by atoms with Crippen LogP contribution in [0.25, 0.3) is 22.0 Å². The van der Waals surface area contributed by atoms with E-state index in [0.717, 1.165) is 0 Å². The van der Waals surface area contributed by atoms with Crippen LogP contribution in [0.1, 0.15) is 50.1 Å². The molecule has 0 amide bonds. The number of alkyl halides is 2. The molecule has 1 atom stereocenters. The van der Waals surface area contributed by atoms with E-state index in [-0.39, 0.29) is 5.69 Å². The Morgan fingerprint density at radius 3 is 2.30 bits per heavy atom. The van der Waals surface area contributed by atoms with E-state index in [1.54, 1.807) is 64.1 Å². The number of carbonyl (C=O) groups is 1. The van der Waals surface area contributed by atoms with Gasteiger partial charge in [0.15, 0.2) is 6.10 Å². The number of carboxylic acids is 1. The molecule has 1 aromatic heterocycles. The molecule has 1 heterocycles. The van der Waals surface area contributed by atoms with Gasteiger partial charge in [0.05, 0.1) is 11.1 Å². The zero-order valence-electron chi connectivity index (χ0n) is 17.0. The zero-order valence-corrected chi connectivity index (χ0v) is 17.8. The van der Waals surface area contributed by atoms with E-state index >= 15 is 0 Å². The SMILES string of the molecule is Cc1cc2nc(C(F)F)ccc2c(-c2ccc(Cl)cc2)c1[C@H](OC(C)(C)C)C(=O)O. The second-order valence-corrected chi connectivity index (χ2v) is 8.48. The number of benzene rings is 2. The van der Waals surface area contributed by atoms with Gasteiger partial charge in [-0.3, -0.25) is 0 Å². The van der Waals surface area contributed by atoms with Crippen LogP contribution in [-0.2, 0) is 9.53 Å². The van der Waals surface area contributed by atoms with Crippen LogP contribution >= 0.6 is 11.6 Å². The van der Waals surface area contributed by atoms with Gasteiger partial charge in [0, 0.05) is 16.0 Å². The third-order valence-electron chi connectivity index (χ3n) is 4.58. The molecule has 0 bridgehead atoms. The average molecular weight is 434 g/mol. The molecule has 30 heavy (non-hydrogen) atoms. The zero-order chi connectivity index (χ0) is 22.2. The summed E-state index contributed by atoms with van der Waals surface area (Å²) < 4.78 is 32.3. The Balaban J connectivity index is 2.39. The van der Waals surface area contributed by atoms with Crippen LogP contribution in [0.2, 0.25) is 5.02 Å². The van der Waals surface area contributed by atoms with Gasteiger partial charge in [-0.2, -0.15) is 0 Å². The summed E-state index contributed by atoms with van der Waals surface area (Å²) in [5.74, 6) is -1.14. The van der Waals surface area contributed by atoms with Crippen LogP contribution < -0.4 is 0 Å². The van der Waals surface area contributed by atoms with Crippen LogP contribution in [0.3, 0.4) is 0 Å². The Morgan fingerprint density at radius 2 is 1.77 bits per heavy atom. The molecule has 0 spiro atoms. The van der Waals surface area contributed by atoms with Gasteiger partial charge in [0.2, 0.25) is 0 Å². The van der Waals surface area contributed by atoms with Gasteiger partial charge >= 0.3 is 5.97 Å². The first-order chi connectivity index (χ1) is 14.0. The van der Waals surface area contributed by atoms with Gasteiger partial charge < -0.3 is 9.84 Å². The first-order valence-corrected chi connectivity index (χ1v) is 9.74. The lowest BCUT2D eigenvalue weighted by Gasteiger charge is -2.28.